The summed E-state index contributed by atoms with van der Waals surface area (Å²) in [6.45, 7) is 13.1. The third-order valence-corrected chi connectivity index (χ3v) is 9.96. The minimum atomic E-state index is -0.809. The fourth-order valence-electron chi connectivity index (χ4n) is 7.69. The number of ether oxygens (including phenoxy) is 2. The number of fused-ring (bicyclic) bond motifs is 2. The number of pyridine rings is 2. The minimum Gasteiger partial charge on any atom is -0.503 e. The van der Waals surface area contributed by atoms with Crippen LogP contribution in [0.25, 0.3) is 22.4 Å². The Bertz CT molecular complexity index is 2380. The minimum absolute atomic E-state index is 0. The molecule has 5 aromatic carbocycles. The Hall–Kier alpha value is -5.31. The quantitative estimate of drug-likeness (QED) is 0.156. The fourth-order valence-corrected chi connectivity index (χ4v) is 7.69. The Morgan fingerprint density at radius 2 is 1.32 bits per heavy atom. The van der Waals surface area contributed by atoms with Crippen LogP contribution in [0.1, 0.15) is 65.4 Å². The molecule has 3 heterocycles. The van der Waals surface area contributed by atoms with Crippen molar-refractivity contribution in [3.63, 3.8) is 0 Å². The zero-order chi connectivity index (χ0) is 36.0. The SMILES string of the molecule is Cc1cc(C)c(-c2cc(Oc3[c-]c(C4(c5ccccn5)c5ccccc5Oc5ccccc54)ccc3)[c-]c(-c3cc(C(C)(C)C)ccn3)c2)c(C)c1.[Pt+2]. The molecular formula is C48H40N2O2Pt. The van der Waals surface area contributed by atoms with Crippen LogP contribution in [0.5, 0.6) is 23.0 Å². The van der Waals surface area contributed by atoms with Crippen molar-refractivity contribution in [2.75, 3.05) is 0 Å². The molecule has 0 radical (unpaired) electrons. The van der Waals surface area contributed by atoms with E-state index in [0.29, 0.717) is 11.5 Å². The summed E-state index contributed by atoms with van der Waals surface area (Å²) in [7, 11) is 0. The van der Waals surface area contributed by atoms with E-state index >= 15 is 0 Å². The van der Waals surface area contributed by atoms with E-state index in [1.54, 1.807) is 0 Å². The second-order valence-corrected chi connectivity index (χ2v) is 14.7. The normalized spacial score (nSPS) is 12.9. The van der Waals surface area contributed by atoms with E-state index in [2.05, 4.69) is 114 Å². The van der Waals surface area contributed by atoms with Gasteiger partial charge in [-0.05, 0) is 84.5 Å². The van der Waals surface area contributed by atoms with Gasteiger partial charge < -0.3 is 14.5 Å². The summed E-state index contributed by atoms with van der Waals surface area (Å²) in [5.74, 6) is 2.72. The molecule has 5 heteroatoms. The molecule has 0 bridgehead atoms. The third-order valence-electron chi connectivity index (χ3n) is 9.96. The number of hydrogen-bond acceptors (Lipinski definition) is 4. The predicted molar refractivity (Wildman–Crippen MR) is 208 cm³/mol. The molecular weight excluding hydrogens is 832 g/mol. The van der Waals surface area contributed by atoms with Gasteiger partial charge in [-0.3, -0.25) is 4.98 Å². The van der Waals surface area contributed by atoms with Crippen LogP contribution in [-0.4, -0.2) is 9.97 Å². The number of rotatable bonds is 6. The van der Waals surface area contributed by atoms with E-state index in [0.717, 1.165) is 50.7 Å². The van der Waals surface area contributed by atoms with Crippen LogP contribution in [0.15, 0.2) is 134 Å². The number of para-hydroxylation sites is 2. The van der Waals surface area contributed by atoms with Gasteiger partial charge in [-0.15, -0.1) is 29.3 Å². The van der Waals surface area contributed by atoms with E-state index in [9.17, 15) is 0 Å². The van der Waals surface area contributed by atoms with Gasteiger partial charge in [0.15, 0.2) is 0 Å². The van der Waals surface area contributed by atoms with Crippen molar-refractivity contribution >= 4 is 0 Å². The summed E-state index contributed by atoms with van der Waals surface area (Å²) in [5.41, 5.74) is 11.7. The third kappa shape index (κ3) is 6.62. The van der Waals surface area contributed by atoms with Gasteiger partial charge in [0.1, 0.15) is 11.5 Å². The molecule has 264 valence electrons. The van der Waals surface area contributed by atoms with Crippen LogP contribution < -0.4 is 9.47 Å². The van der Waals surface area contributed by atoms with Crippen LogP contribution in [0.3, 0.4) is 0 Å². The summed E-state index contributed by atoms with van der Waals surface area (Å²) in [4.78, 5) is 9.78. The average Bonchev–Trinajstić information content (AvgIpc) is 3.13. The Morgan fingerprint density at radius 3 is 1.98 bits per heavy atom. The molecule has 1 aliphatic rings. The van der Waals surface area contributed by atoms with Gasteiger partial charge in [0.05, 0.1) is 11.1 Å². The summed E-state index contributed by atoms with van der Waals surface area (Å²) in [6, 6.07) is 48.8. The van der Waals surface area contributed by atoms with Crippen LogP contribution in [0, 0.1) is 32.9 Å². The average molecular weight is 872 g/mol. The van der Waals surface area contributed by atoms with Crippen molar-refractivity contribution in [2.24, 2.45) is 0 Å². The van der Waals surface area contributed by atoms with Crippen molar-refractivity contribution in [3.8, 4) is 45.4 Å². The summed E-state index contributed by atoms with van der Waals surface area (Å²) >= 11 is 0. The van der Waals surface area contributed by atoms with Gasteiger partial charge in [-0.25, -0.2) is 0 Å². The molecule has 0 atom stereocenters. The fraction of sp³-hybridized carbons (Fsp3) is 0.167. The maximum atomic E-state index is 6.80. The number of benzene rings is 5. The maximum Gasteiger partial charge on any atom is 2.00 e. The molecule has 53 heavy (non-hydrogen) atoms. The Morgan fingerprint density at radius 1 is 0.642 bits per heavy atom. The van der Waals surface area contributed by atoms with Crippen LogP contribution >= 0.6 is 0 Å². The molecule has 0 fully saturated rings. The number of aromatic nitrogens is 2. The van der Waals surface area contributed by atoms with Crippen molar-refractivity contribution in [1.82, 2.24) is 9.97 Å². The molecule has 0 unspecified atom stereocenters. The molecule has 0 aliphatic carbocycles. The molecule has 8 rings (SSSR count). The summed E-state index contributed by atoms with van der Waals surface area (Å²) in [5, 5.41) is 0. The smallest absolute Gasteiger partial charge is 0.503 e. The second kappa shape index (κ2) is 14.3. The maximum absolute atomic E-state index is 6.80. The van der Waals surface area contributed by atoms with Gasteiger partial charge in [-0.2, -0.15) is 12.1 Å². The molecule has 4 nitrogen and oxygen atoms in total. The van der Waals surface area contributed by atoms with E-state index in [1.165, 1.54) is 27.8 Å². The first kappa shape index (κ1) is 36.1. The zero-order valence-electron chi connectivity index (χ0n) is 30.7. The van der Waals surface area contributed by atoms with Gasteiger partial charge in [0.25, 0.3) is 0 Å². The number of nitrogens with zero attached hydrogens (tertiary/aromatic N) is 2. The van der Waals surface area contributed by atoms with Crippen molar-refractivity contribution in [2.45, 2.75) is 52.4 Å². The monoisotopic (exact) mass is 871 g/mol. The molecule has 0 saturated heterocycles. The second-order valence-electron chi connectivity index (χ2n) is 14.7. The largest absolute Gasteiger partial charge is 2.00 e. The van der Waals surface area contributed by atoms with Gasteiger partial charge in [-0.1, -0.05) is 105 Å². The van der Waals surface area contributed by atoms with E-state index < -0.39 is 5.41 Å². The van der Waals surface area contributed by atoms with Gasteiger partial charge in [0, 0.05) is 35.0 Å². The molecule has 7 aromatic rings. The van der Waals surface area contributed by atoms with Crippen LogP contribution in [0.2, 0.25) is 0 Å². The first-order valence-electron chi connectivity index (χ1n) is 17.7. The summed E-state index contributed by atoms with van der Waals surface area (Å²) < 4.78 is 13.3. The molecule has 0 N–H and O–H groups in total. The predicted octanol–water partition coefficient (Wildman–Crippen LogP) is 11.9. The standard InChI is InChI=1S/C48H40N2O2.Pt/c1-31-24-32(2)46(33(3)25-31)35-26-34(42-30-36(21-23-49-42)47(4,5)6)27-39(28-35)51-38-15-13-14-37(29-38)48(45-20-11-12-22-50-45)40-16-7-9-18-43(40)52-44-19-10-8-17-41(44)48;/h7-26,28,30H,1-6H3;/q-2;+2. The topological polar surface area (TPSA) is 44.2 Å². The molecule has 1 aliphatic heterocycles. The van der Waals surface area contributed by atoms with E-state index in [4.69, 9.17) is 19.4 Å². The molecule has 0 saturated carbocycles. The summed E-state index contributed by atoms with van der Waals surface area (Å²) in [6.07, 6.45) is 3.73. The number of aryl methyl sites for hydroxylation is 3. The zero-order valence-corrected chi connectivity index (χ0v) is 33.0. The van der Waals surface area contributed by atoms with Gasteiger partial charge in [0.2, 0.25) is 0 Å². The molecule has 0 spiro atoms. The number of hydrogen-bond donors (Lipinski definition) is 0. The molecule has 0 amide bonds. The van der Waals surface area contributed by atoms with Crippen molar-refractivity contribution in [3.05, 3.63) is 190 Å². The Labute approximate surface area is 327 Å². The van der Waals surface area contributed by atoms with Crippen LogP contribution in [-0.2, 0) is 31.9 Å². The van der Waals surface area contributed by atoms with E-state index in [-0.39, 0.29) is 26.5 Å². The first-order chi connectivity index (χ1) is 25.1. The van der Waals surface area contributed by atoms with E-state index in [1.807, 2.05) is 73.1 Å². The Balaban J connectivity index is 0.00000435. The van der Waals surface area contributed by atoms with Gasteiger partial charge >= 0.3 is 21.1 Å². The van der Waals surface area contributed by atoms with Crippen molar-refractivity contribution < 1.29 is 30.5 Å². The Kier molecular flexibility index (Phi) is 9.70. The van der Waals surface area contributed by atoms with Crippen molar-refractivity contribution in [1.29, 1.82) is 0 Å². The molecule has 2 aromatic heterocycles. The first-order valence-corrected chi connectivity index (χ1v) is 17.7. The van der Waals surface area contributed by atoms with Crippen LogP contribution in [0.4, 0.5) is 0 Å².